The smallest absolute Gasteiger partial charge is 0.0724 e. The van der Waals surface area contributed by atoms with Crippen LogP contribution in [0.4, 0.5) is 0 Å². The third kappa shape index (κ3) is 2.23. The van der Waals surface area contributed by atoms with Crippen LogP contribution in [-0.4, -0.2) is 25.3 Å². The second-order valence-electron chi connectivity index (χ2n) is 4.46. The minimum Gasteiger partial charge on any atom is -0.380 e. The van der Waals surface area contributed by atoms with Gasteiger partial charge in [0.15, 0.2) is 0 Å². The highest BCUT2D eigenvalue weighted by atomic mass is 16.5. The summed E-state index contributed by atoms with van der Waals surface area (Å²) in [5.41, 5.74) is 0. The highest BCUT2D eigenvalue weighted by Crippen LogP contribution is 2.25. The molecule has 1 N–H and O–H groups in total. The highest BCUT2D eigenvalue weighted by molar-refractivity contribution is 4.87. The van der Waals surface area contributed by atoms with Crippen LogP contribution in [0.3, 0.4) is 0 Å². The van der Waals surface area contributed by atoms with Crippen molar-refractivity contribution >= 4 is 0 Å². The van der Waals surface area contributed by atoms with Gasteiger partial charge in [-0.3, -0.25) is 0 Å². The van der Waals surface area contributed by atoms with Gasteiger partial charge < -0.3 is 10.1 Å². The van der Waals surface area contributed by atoms with Gasteiger partial charge in [-0.15, -0.1) is 0 Å². The number of ether oxygens (including phenoxy) is 1. The summed E-state index contributed by atoms with van der Waals surface area (Å²) in [4.78, 5) is 0. The zero-order valence-electron chi connectivity index (χ0n) is 8.59. The van der Waals surface area contributed by atoms with E-state index in [4.69, 9.17) is 4.74 Å². The van der Waals surface area contributed by atoms with E-state index >= 15 is 0 Å². The molecule has 0 aromatic carbocycles. The third-order valence-electron chi connectivity index (χ3n) is 3.56. The third-order valence-corrected chi connectivity index (χ3v) is 3.56. The van der Waals surface area contributed by atoms with Crippen LogP contribution in [0.5, 0.6) is 0 Å². The fourth-order valence-electron chi connectivity index (χ4n) is 2.45. The molecule has 2 heteroatoms. The average molecular weight is 183 g/mol. The number of hydrogen-bond acceptors (Lipinski definition) is 2. The number of nitrogens with one attached hydrogen (secondary N) is 1. The molecule has 2 rings (SSSR count). The van der Waals surface area contributed by atoms with Crippen molar-refractivity contribution in [2.45, 2.75) is 63.1 Å². The molecular weight excluding hydrogens is 162 g/mol. The molecule has 0 aromatic heterocycles. The Morgan fingerprint density at radius 3 is 2.38 bits per heavy atom. The van der Waals surface area contributed by atoms with Gasteiger partial charge in [-0.1, -0.05) is 19.3 Å². The van der Waals surface area contributed by atoms with Crippen LogP contribution in [0.2, 0.25) is 0 Å². The van der Waals surface area contributed by atoms with Crippen LogP contribution in [0.25, 0.3) is 0 Å². The summed E-state index contributed by atoms with van der Waals surface area (Å²) in [7, 11) is 1.85. The lowest BCUT2D eigenvalue weighted by Gasteiger charge is -2.37. The molecule has 0 spiro atoms. The predicted molar refractivity (Wildman–Crippen MR) is 53.8 cm³/mol. The molecule has 2 aliphatic carbocycles. The van der Waals surface area contributed by atoms with E-state index in [1.54, 1.807) is 0 Å². The summed E-state index contributed by atoms with van der Waals surface area (Å²) in [6.45, 7) is 0. The van der Waals surface area contributed by atoms with Crippen LogP contribution >= 0.6 is 0 Å². The van der Waals surface area contributed by atoms with Crippen LogP contribution in [0.15, 0.2) is 0 Å². The lowest BCUT2D eigenvalue weighted by molar-refractivity contribution is 0.0335. The van der Waals surface area contributed by atoms with Crippen molar-refractivity contribution in [2.75, 3.05) is 7.11 Å². The molecule has 0 aromatic rings. The molecule has 0 bridgehead atoms. The summed E-state index contributed by atoms with van der Waals surface area (Å²) in [6, 6.07) is 1.45. The fourth-order valence-corrected chi connectivity index (χ4v) is 2.45. The van der Waals surface area contributed by atoms with E-state index in [1.807, 2.05) is 7.11 Å². The molecular formula is C11H21NO. The Kier molecular flexibility index (Phi) is 3.23. The van der Waals surface area contributed by atoms with Crippen LogP contribution in [0.1, 0.15) is 44.9 Å². The second kappa shape index (κ2) is 4.43. The molecule has 0 saturated heterocycles. The summed E-state index contributed by atoms with van der Waals surface area (Å²) < 4.78 is 5.51. The van der Waals surface area contributed by atoms with E-state index in [-0.39, 0.29) is 0 Å². The Labute approximate surface area is 81.0 Å². The largest absolute Gasteiger partial charge is 0.380 e. The van der Waals surface area contributed by atoms with Gasteiger partial charge >= 0.3 is 0 Å². The summed E-state index contributed by atoms with van der Waals surface area (Å²) >= 11 is 0. The standard InChI is InChI=1S/C11H21NO/c1-13-11-8-3-2-7-10(11)12-9-5-4-6-9/h9-12H,2-8H2,1H3/t10-,11-/m0/s1. The van der Waals surface area contributed by atoms with Crippen LogP contribution in [-0.2, 0) is 4.74 Å². The van der Waals surface area contributed by atoms with Gasteiger partial charge in [0.2, 0.25) is 0 Å². The summed E-state index contributed by atoms with van der Waals surface area (Å²) in [5, 5.41) is 3.73. The number of methoxy groups -OCH3 is 1. The predicted octanol–water partition coefficient (Wildman–Crippen LogP) is 2.09. The molecule has 2 aliphatic rings. The Morgan fingerprint density at radius 2 is 1.77 bits per heavy atom. The molecule has 2 nitrogen and oxygen atoms in total. The molecule has 0 aliphatic heterocycles. The maximum absolute atomic E-state index is 5.51. The summed E-state index contributed by atoms with van der Waals surface area (Å²) in [5.74, 6) is 0. The molecule has 2 fully saturated rings. The Morgan fingerprint density at radius 1 is 1.00 bits per heavy atom. The molecule has 0 unspecified atom stereocenters. The molecule has 2 atom stereocenters. The number of rotatable bonds is 3. The topological polar surface area (TPSA) is 21.3 Å². The fraction of sp³-hybridized carbons (Fsp3) is 1.00. The van der Waals surface area contributed by atoms with E-state index < -0.39 is 0 Å². The normalized spacial score (nSPS) is 35.8. The van der Waals surface area contributed by atoms with Crippen LogP contribution in [0, 0.1) is 0 Å². The van der Waals surface area contributed by atoms with E-state index in [9.17, 15) is 0 Å². The molecule has 0 heterocycles. The first-order valence-electron chi connectivity index (χ1n) is 5.69. The first kappa shape index (κ1) is 9.47. The van der Waals surface area contributed by atoms with Crippen LogP contribution < -0.4 is 5.32 Å². The average Bonchev–Trinajstić information content (AvgIpc) is 2.12. The van der Waals surface area contributed by atoms with Gasteiger partial charge in [0.05, 0.1) is 6.10 Å². The molecule has 2 saturated carbocycles. The first-order chi connectivity index (χ1) is 6.40. The lowest BCUT2D eigenvalue weighted by atomic mass is 9.87. The van der Waals surface area contributed by atoms with Gasteiger partial charge in [-0.05, 0) is 25.7 Å². The van der Waals surface area contributed by atoms with E-state index in [1.165, 1.54) is 44.9 Å². The lowest BCUT2D eigenvalue weighted by Crippen LogP contribution is -2.49. The van der Waals surface area contributed by atoms with Gasteiger partial charge in [-0.25, -0.2) is 0 Å². The molecule has 13 heavy (non-hydrogen) atoms. The monoisotopic (exact) mass is 183 g/mol. The van der Waals surface area contributed by atoms with Crippen molar-refractivity contribution < 1.29 is 4.74 Å². The Bertz CT molecular complexity index is 156. The minimum absolute atomic E-state index is 0.481. The quantitative estimate of drug-likeness (QED) is 0.723. The van der Waals surface area contributed by atoms with Crippen molar-refractivity contribution in [3.8, 4) is 0 Å². The van der Waals surface area contributed by atoms with E-state index in [0.29, 0.717) is 12.1 Å². The molecule has 0 amide bonds. The van der Waals surface area contributed by atoms with E-state index in [2.05, 4.69) is 5.32 Å². The SMILES string of the molecule is CO[C@H]1CCCC[C@@H]1NC1CCC1. The van der Waals surface area contributed by atoms with Crippen molar-refractivity contribution in [1.29, 1.82) is 0 Å². The highest BCUT2D eigenvalue weighted by Gasteiger charge is 2.28. The van der Waals surface area contributed by atoms with Crippen molar-refractivity contribution in [3.63, 3.8) is 0 Å². The maximum Gasteiger partial charge on any atom is 0.0724 e. The maximum atomic E-state index is 5.51. The first-order valence-corrected chi connectivity index (χ1v) is 5.69. The molecule has 76 valence electrons. The second-order valence-corrected chi connectivity index (χ2v) is 4.46. The zero-order chi connectivity index (χ0) is 9.10. The van der Waals surface area contributed by atoms with Gasteiger partial charge in [0.25, 0.3) is 0 Å². The van der Waals surface area contributed by atoms with Crippen molar-refractivity contribution in [1.82, 2.24) is 5.32 Å². The summed E-state index contributed by atoms with van der Waals surface area (Å²) in [6.07, 6.45) is 9.96. The zero-order valence-corrected chi connectivity index (χ0v) is 8.59. The van der Waals surface area contributed by atoms with Gasteiger partial charge in [0.1, 0.15) is 0 Å². The van der Waals surface area contributed by atoms with Crippen molar-refractivity contribution in [2.24, 2.45) is 0 Å². The Hall–Kier alpha value is -0.0800. The van der Waals surface area contributed by atoms with Gasteiger partial charge in [0, 0.05) is 19.2 Å². The van der Waals surface area contributed by atoms with E-state index in [0.717, 1.165) is 6.04 Å². The Balaban J connectivity index is 1.79. The number of hydrogen-bond donors (Lipinski definition) is 1. The van der Waals surface area contributed by atoms with Crippen molar-refractivity contribution in [3.05, 3.63) is 0 Å². The minimum atomic E-state index is 0.481. The van der Waals surface area contributed by atoms with Gasteiger partial charge in [-0.2, -0.15) is 0 Å². The molecule has 0 radical (unpaired) electrons.